The van der Waals surface area contributed by atoms with Gasteiger partial charge in [-0.25, -0.2) is 4.79 Å². The van der Waals surface area contributed by atoms with Crippen molar-refractivity contribution in [1.29, 1.82) is 0 Å². The maximum atomic E-state index is 12.5. The Labute approximate surface area is 104 Å². The molecule has 19 heavy (non-hydrogen) atoms. The molecule has 5 nitrogen and oxygen atoms in total. The van der Waals surface area contributed by atoms with Crippen LogP contribution in [-0.2, 0) is 6.18 Å². The maximum Gasteiger partial charge on any atom is 0.512 e. The van der Waals surface area contributed by atoms with Crippen LogP contribution in [0.25, 0.3) is 11.3 Å². The number of benzene rings is 1. The van der Waals surface area contributed by atoms with Crippen molar-refractivity contribution in [1.82, 2.24) is 4.98 Å². The van der Waals surface area contributed by atoms with Gasteiger partial charge < -0.3 is 14.3 Å². The van der Waals surface area contributed by atoms with Gasteiger partial charge in [0.1, 0.15) is 0 Å². The van der Waals surface area contributed by atoms with E-state index in [-0.39, 0.29) is 11.3 Å². The van der Waals surface area contributed by atoms with E-state index in [1.807, 2.05) is 0 Å². The van der Waals surface area contributed by atoms with Crippen LogP contribution in [0.2, 0.25) is 0 Å². The van der Waals surface area contributed by atoms with E-state index in [9.17, 15) is 18.0 Å². The first-order valence-electron chi connectivity index (χ1n) is 4.90. The Hall–Kier alpha value is -2.51. The maximum absolute atomic E-state index is 12.5. The Bertz CT molecular complexity index is 606. The second kappa shape index (κ2) is 4.63. The molecule has 1 N–H and O–H groups in total. The molecule has 0 unspecified atom stereocenters. The van der Waals surface area contributed by atoms with E-state index in [1.165, 1.54) is 12.1 Å². The predicted octanol–water partition coefficient (Wildman–Crippen LogP) is 3.42. The third kappa shape index (κ3) is 2.84. The Kier molecular flexibility index (Phi) is 3.16. The summed E-state index contributed by atoms with van der Waals surface area (Å²) in [5, 5.41) is 8.46. The number of halogens is 3. The normalized spacial score (nSPS) is 11.3. The molecular weight excluding hydrogens is 267 g/mol. The number of carbonyl (C=O) groups is 1. The van der Waals surface area contributed by atoms with Crippen molar-refractivity contribution in [3.63, 3.8) is 0 Å². The van der Waals surface area contributed by atoms with Gasteiger partial charge in [0, 0.05) is 5.56 Å². The van der Waals surface area contributed by atoms with Crippen LogP contribution in [-0.4, -0.2) is 16.2 Å². The molecule has 1 heterocycles. The number of rotatable bonds is 2. The molecule has 0 aliphatic rings. The molecule has 0 aliphatic heterocycles. The van der Waals surface area contributed by atoms with E-state index >= 15 is 0 Å². The molecule has 100 valence electrons. The Balaban J connectivity index is 2.42. The SMILES string of the molecule is O=C(O)Oc1ncoc1-c1cccc(C(F)(F)F)c1. The first-order valence-corrected chi connectivity index (χ1v) is 4.90. The number of carboxylic acid groups (broad SMARTS) is 1. The molecule has 0 saturated carbocycles. The zero-order valence-corrected chi connectivity index (χ0v) is 9.14. The lowest BCUT2D eigenvalue weighted by Crippen LogP contribution is -2.05. The third-order valence-corrected chi connectivity index (χ3v) is 2.17. The minimum Gasteiger partial charge on any atom is -0.449 e. The van der Waals surface area contributed by atoms with E-state index in [4.69, 9.17) is 9.52 Å². The van der Waals surface area contributed by atoms with E-state index in [2.05, 4.69) is 9.72 Å². The van der Waals surface area contributed by atoms with Crippen LogP contribution in [0.1, 0.15) is 5.56 Å². The van der Waals surface area contributed by atoms with Crippen molar-refractivity contribution in [2.75, 3.05) is 0 Å². The van der Waals surface area contributed by atoms with Gasteiger partial charge in [-0.2, -0.15) is 18.2 Å². The largest absolute Gasteiger partial charge is 0.512 e. The van der Waals surface area contributed by atoms with Crippen molar-refractivity contribution in [3.05, 3.63) is 36.2 Å². The molecule has 0 bridgehead atoms. The topological polar surface area (TPSA) is 72.6 Å². The lowest BCUT2D eigenvalue weighted by molar-refractivity contribution is -0.137. The van der Waals surface area contributed by atoms with Gasteiger partial charge >= 0.3 is 12.3 Å². The van der Waals surface area contributed by atoms with Crippen LogP contribution in [0, 0.1) is 0 Å². The van der Waals surface area contributed by atoms with E-state index in [0.717, 1.165) is 18.5 Å². The number of ether oxygens (including phenoxy) is 1. The molecule has 8 heteroatoms. The van der Waals surface area contributed by atoms with Crippen molar-refractivity contribution in [3.8, 4) is 17.2 Å². The highest BCUT2D eigenvalue weighted by atomic mass is 19.4. The summed E-state index contributed by atoms with van der Waals surface area (Å²) in [5.41, 5.74) is -0.869. The van der Waals surface area contributed by atoms with Crippen molar-refractivity contribution < 1.29 is 32.2 Å². The minimum absolute atomic E-state index is 0.0172. The van der Waals surface area contributed by atoms with Gasteiger partial charge in [-0.15, -0.1) is 0 Å². The van der Waals surface area contributed by atoms with Crippen LogP contribution in [0.4, 0.5) is 18.0 Å². The quantitative estimate of drug-likeness (QED) is 0.849. The van der Waals surface area contributed by atoms with E-state index < -0.39 is 23.8 Å². The number of aromatic nitrogens is 1. The second-order valence-electron chi connectivity index (χ2n) is 3.43. The van der Waals surface area contributed by atoms with Gasteiger partial charge in [0.15, 0.2) is 12.2 Å². The molecule has 0 fully saturated rings. The predicted molar refractivity (Wildman–Crippen MR) is 55.6 cm³/mol. The minimum atomic E-state index is -4.51. The number of hydrogen-bond donors (Lipinski definition) is 1. The average molecular weight is 273 g/mol. The third-order valence-electron chi connectivity index (χ3n) is 2.17. The van der Waals surface area contributed by atoms with Crippen LogP contribution < -0.4 is 4.74 Å². The average Bonchev–Trinajstić information content (AvgIpc) is 2.75. The smallest absolute Gasteiger partial charge is 0.449 e. The monoisotopic (exact) mass is 273 g/mol. The zero-order valence-electron chi connectivity index (χ0n) is 9.14. The van der Waals surface area contributed by atoms with Crippen molar-refractivity contribution >= 4 is 6.16 Å². The number of oxazole rings is 1. The number of nitrogens with zero attached hydrogens (tertiary/aromatic N) is 1. The molecule has 0 saturated heterocycles. The molecule has 1 aromatic carbocycles. The van der Waals surface area contributed by atoms with Gasteiger partial charge in [-0.1, -0.05) is 12.1 Å². The Morgan fingerprint density at radius 1 is 1.37 bits per heavy atom. The lowest BCUT2D eigenvalue weighted by Gasteiger charge is -2.07. The highest BCUT2D eigenvalue weighted by Crippen LogP contribution is 2.34. The fourth-order valence-electron chi connectivity index (χ4n) is 1.42. The summed E-state index contributed by atoms with van der Waals surface area (Å²) in [4.78, 5) is 13.9. The van der Waals surface area contributed by atoms with Crippen LogP contribution in [0.3, 0.4) is 0 Å². The molecule has 0 atom stereocenters. The summed E-state index contributed by atoms with van der Waals surface area (Å²) >= 11 is 0. The first kappa shape index (κ1) is 12.9. The van der Waals surface area contributed by atoms with Gasteiger partial charge in [-0.05, 0) is 12.1 Å². The fraction of sp³-hybridized carbons (Fsp3) is 0.0909. The first-order chi connectivity index (χ1) is 8.88. The molecule has 2 aromatic rings. The van der Waals surface area contributed by atoms with Crippen LogP contribution in [0.15, 0.2) is 35.1 Å². The van der Waals surface area contributed by atoms with Crippen LogP contribution >= 0.6 is 0 Å². The summed E-state index contributed by atoms with van der Waals surface area (Å²) in [6.07, 6.45) is -5.26. The molecule has 0 aliphatic carbocycles. The highest BCUT2D eigenvalue weighted by Gasteiger charge is 2.31. The fourth-order valence-corrected chi connectivity index (χ4v) is 1.42. The molecule has 0 radical (unpaired) electrons. The second-order valence-corrected chi connectivity index (χ2v) is 3.43. The molecule has 0 amide bonds. The van der Waals surface area contributed by atoms with Crippen molar-refractivity contribution in [2.45, 2.75) is 6.18 Å². The van der Waals surface area contributed by atoms with E-state index in [1.54, 1.807) is 0 Å². The number of alkyl halides is 3. The van der Waals surface area contributed by atoms with Gasteiger partial charge in [0.05, 0.1) is 5.56 Å². The molecule has 1 aromatic heterocycles. The van der Waals surface area contributed by atoms with Gasteiger partial charge in [0.2, 0.25) is 0 Å². The molecule has 2 rings (SSSR count). The van der Waals surface area contributed by atoms with Crippen molar-refractivity contribution in [2.24, 2.45) is 0 Å². The van der Waals surface area contributed by atoms with Gasteiger partial charge in [0.25, 0.3) is 5.88 Å². The summed E-state index contributed by atoms with van der Waals surface area (Å²) in [6, 6.07) is 4.20. The lowest BCUT2D eigenvalue weighted by atomic mass is 10.1. The standard InChI is InChI=1S/C11H6F3NO4/c12-11(13,14)7-3-1-2-6(4-7)8-9(15-5-18-8)19-10(16)17/h1-5H,(H,16,17). The molecule has 0 spiro atoms. The van der Waals surface area contributed by atoms with Gasteiger partial charge in [-0.3, -0.25) is 0 Å². The molecular formula is C11H6F3NO4. The van der Waals surface area contributed by atoms with E-state index in [0.29, 0.717) is 0 Å². The highest BCUT2D eigenvalue weighted by molar-refractivity contribution is 5.68. The summed E-state index contributed by atoms with van der Waals surface area (Å²) in [5.74, 6) is -0.597. The summed E-state index contributed by atoms with van der Waals surface area (Å²) < 4.78 is 46.8. The Morgan fingerprint density at radius 3 is 2.74 bits per heavy atom. The summed E-state index contributed by atoms with van der Waals surface area (Å²) in [6.45, 7) is 0. The zero-order chi connectivity index (χ0) is 14.0. The number of hydrogen-bond acceptors (Lipinski definition) is 4. The Morgan fingerprint density at radius 2 is 2.11 bits per heavy atom. The summed E-state index contributed by atoms with van der Waals surface area (Å²) in [7, 11) is 0. The van der Waals surface area contributed by atoms with Crippen LogP contribution in [0.5, 0.6) is 5.88 Å².